The minimum atomic E-state index is -3.12. The Hall–Kier alpha value is -0.600. The van der Waals surface area contributed by atoms with E-state index in [1.54, 1.807) is 18.2 Å². The number of sulfone groups is 1. The summed E-state index contributed by atoms with van der Waals surface area (Å²) in [5, 5.41) is 0.947. The van der Waals surface area contributed by atoms with E-state index < -0.39 is 9.84 Å². The van der Waals surface area contributed by atoms with Crippen LogP contribution in [0.25, 0.3) is 0 Å². The third-order valence-corrected chi connectivity index (χ3v) is 4.37. The average Bonchev–Trinajstić information content (AvgIpc) is 2.02. The van der Waals surface area contributed by atoms with Crippen LogP contribution in [-0.2, 0) is 9.84 Å². The Morgan fingerprint density at radius 2 is 1.86 bits per heavy atom. The van der Waals surface area contributed by atoms with Crippen molar-refractivity contribution in [1.29, 1.82) is 0 Å². The second-order valence-corrected chi connectivity index (χ2v) is 7.67. The van der Waals surface area contributed by atoms with Crippen molar-refractivity contribution in [3.05, 3.63) is 18.2 Å². The van der Waals surface area contributed by atoms with Gasteiger partial charge < -0.3 is 5.73 Å². The normalized spacial score (nSPS) is 12.0. The summed E-state index contributed by atoms with van der Waals surface area (Å²) in [5.41, 5.74) is 6.43. The fourth-order valence-electron chi connectivity index (χ4n) is 1.14. The second-order valence-electron chi connectivity index (χ2n) is 3.39. The van der Waals surface area contributed by atoms with Gasteiger partial charge in [-0.15, -0.1) is 0 Å². The maximum absolute atomic E-state index is 11.3. The molecule has 3 nitrogen and oxygen atoms in total. The van der Waals surface area contributed by atoms with Crippen molar-refractivity contribution in [3.8, 4) is 0 Å². The molecule has 0 aliphatic carbocycles. The molecule has 0 fully saturated rings. The molecule has 1 aromatic carbocycles. The van der Waals surface area contributed by atoms with E-state index in [0.29, 0.717) is 10.6 Å². The molecule has 0 saturated carbocycles. The van der Waals surface area contributed by atoms with Crippen molar-refractivity contribution < 1.29 is 8.42 Å². The second kappa shape index (κ2) is 3.87. The van der Waals surface area contributed by atoms with Crippen LogP contribution in [0.2, 0.25) is 0 Å². The molecule has 5 heteroatoms. The van der Waals surface area contributed by atoms with Gasteiger partial charge in [0.15, 0.2) is 9.84 Å². The molecular weight excluding hydrogens is 217 g/mol. The number of nitrogen functional groups attached to an aromatic ring is 1. The molecule has 0 aliphatic rings. The SMILES string of the molecule is CP(C)c1cc(S(C)(=O)=O)ccc1N. The molecule has 0 radical (unpaired) electrons. The standard InChI is InChI=1S/C9H14NO2PS/c1-13(2)9-6-7(14(3,11)12)4-5-8(9)10/h4-6H,10H2,1-3H3. The summed E-state index contributed by atoms with van der Waals surface area (Å²) in [6.45, 7) is 4.10. The lowest BCUT2D eigenvalue weighted by atomic mass is 10.3. The quantitative estimate of drug-likeness (QED) is 0.611. The summed E-state index contributed by atoms with van der Waals surface area (Å²) >= 11 is 0. The smallest absolute Gasteiger partial charge is 0.175 e. The number of rotatable bonds is 2. The summed E-state index contributed by atoms with van der Waals surface area (Å²) in [4.78, 5) is 0.345. The Kier molecular flexibility index (Phi) is 3.17. The van der Waals surface area contributed by atoms with Crippen LogP contribution in [0.3, 0.4) is 0 Å². The molecule has 0 spiro atoms. The van der Waals surface area contributed by atoms with E-state index in [1.165, 1.54) is 6.26 Å². The lowest BCUT2D eigenvalue weighted by Gasteiger charge is -2.10. The number of hydrogen-bond donors (Lipinski definition) is 1. The molecular formula is C9H14NO2PS. The number of anilines is 1. The van der Waals surface area contributed by atoms with Crippen LogP contribution in [0.5, 0.6) is 0 Å². The molecule has 0 heterocycles. The monoisotopic (exact) mass is 231 g/mol. The van der Waals surface area contributed by atoms with Gasteiger partial charge in [0, 0.05) is 11.9 Å². The molecule has 0 bridgehead atoms. The molecule has 0 amide bonds. The van der Waals surface area contributed by atoms with Gasteiger partial charge in [0.1, 0.15) is 0 Å². The molecule has 0 atom stereocenters. The van der Waals surface area contributed by atoms with Crippen molar-refractivity contribution in [1.82, 2.24) is 0 Å². The summed E-state index contributed by atoms with van der Waals surface area (Å²) in [7, 11) is -3.49. The van der Waals surface area contributed by atoms with Crippen molar-refractivity contribution in [3.63, 3.8) is 0 Å². The number of hydrogen-bond acceptors (Lipinski definition) is 3. The summed E-state index contributed by atoms with van der Waals surface area (Å²) < 4.78 is 22.6. The molecule has 0 aliphatic heterocycles. The third-order valence-electron chi connectivity index (χ3n) is 1.91. The zero-order valence-electron chi connectivity index (χ0n) is 8.48. The maximum Gasteiger partial charge on any atom is 0.175 e. The Labute approximate surface area is 86.0 Å². The van der Waals surface area contributed by atoms with Gasteiger partial charge in [0.05, 0.1) is 4.90 Å². The van der Waals surface area contributed by atoms with Crippen molar-refractivity contribution in [2.45, 2.75) is 4.90 Å². The van der Waals surface area contributed by atoms with Crippen molar-refractivity contribution >= 4 is 28.8 Å². The Bertz CT molecular complexity index is 440. The van der Waals surface area contributed by atoms with E-state index in [-0.39, 0.29) is 7.92 Å². The average molecular weight is 231 g/mol. The molecule has 0 saturated heterocycles. The minimum Gasteiger partial charge on any atom is -0.398 e. The van der Waals surface area contributed by atoms with Crippen LogP contribution in [0, 0.1) is 0 Å². The van der Waals surface area contributed by atoms with E-state index >= 15 is 0 Å². The van der Waals surface area contributed by atoms with Gasteiger partial charge in [0.25, 0.3) is 0 Å². The summed E-state index contributed by atoms with van der Waals surface area (Å²) in [6.07, 6.45) is 1.20. The molecule has 0 unspecified atom stereocenters. The van der Waals surface area contributed by atoms with Gasteiger partial charge in [-0.1, -0.05) is 7.92 Å². The van der Waals surface area contributed by atoms with E-state index in [1.807, 2.05) is 13.3 Å². The predicted molar refractivity (Wildman–Crippen MR) is 62.4 cm³/mol. The molecule has 78 valence electrons. The number of benzene rings is 1. The molecule has 2 N–H and O–H groups in total. The topological polar surface area (TPSA) is 60.2 Å². The lowest BCUT2D eigenvalue weighted by Crippen LogP contribution is -2.10. The highest BCUT2D eigenvalue weighted by atomic mass is 32.2. The van der Waals surface area contributed by atoms with Crippen LogP contribution in [0.1, 0.15) is 0 Å². The maximum atomic E-state index is 11.3. The van der Waals surface area contributed by atoms with Gasteiger partial charge >= 0.3 is 0 Å². The number of nitrogens with two attached hydrogens (primary N) is 1. The highest BCUT2D eigenvalue weighted by Crippen LogP contribution is 2.28. The van der Waals surface area contributed by atoms with Gasteiger partial charge in [-0.2, -0.15) is 0 Å². The minimum absolute atomic E-state index is 0.345. The lowest BCUT2D eigenvalue weighted by molar-refractivity contribution is 0.602. The van der Waals surface area contributed by atoms with Crippen molar-refractivity contribution in [2.75, 3.05) is 25.3 Å². The fourth-order valence-corrected chi connectivity index (χ4v) is 2.86. The molecule has 1 rings (SSSR count). The molecule has 1 aromatic rings. The third kappa shape index (κ3) is 2.46. The first kappa shape index (κ1) is 11.5. The highest BCUT2D eigenvalue weighted by molar-refractivity contribution is 7.90. The van der Waals surface area contributed by atoms with Gasteiger partial charge in [-0.3, -0.25) is 0 Å². The van der Waals surface area contributed by atoms with Crippen molar-refractivity contribution in [2.24, 2.45) is 0 Å². The van der Waals surface area contributed by atoms with Crippen LogP contribution in [0.4, 0.5) is 5.69 Å². The Morgan fingerprint density at radius 1 is 1.29 bits per heavy atom. The Balaban J connectivity index is 3.34. The van der Waals surface area contributed by atoms with Gasteiger partial charge in [-0.25, -0.2) is 8.42 Å². The van der Waals surface area contributed by atoms with Crippen LogP contribution in [0.15, 0.2) is 23.1 Å². The van der Waals surface area contributed by atoms with Crippen LogP contribution in [-0.4, -0.2) is 28.0 Å². The fraction of sp³-hybridized carbons (Fsp3) is 0.333. The van der Waals surface area contributed by atoms with Gasteiger partial charge in [0.2, 0.25) is 0 Å². The summed E-state index contributed by atoms with van der Waals surface area (Å²) in [6, 6.07) is 4.89. The summed E-state index contributed by atoms with van der Waals surface area (Å²) in [5.74, 6) is 0. The van der Waals surface area contributed by atoms with E-state index in [9.17, 15) is 8.42 Å². The first-order valence-electron chi connectivity index (χ1n) is 4.09. The molecule has 0 aromatic heterocycles. The zero-order chi connectivity index (χ0) is 10.9. The zero-order valence-corrected chi connectivity index (χ0v) is 10.2. The first-order valence-corrected chi connectivity index (χ1v) is 8.22. The van der Waals surface area contributed by atoms with Crippen LogP contribution < -0.4 is 11.0 Å². The highest BCUT2D eigenvalue weighted by Gasteiger charge is 2.11. The van der Waals surface area contributed by atoms with Gasteiger partial charge in [-0.05, 0) is 36.8 Å². The molecule has 14 heavy (non-hydrogen) atoms. The van der Waals surface area contributed by atoms with E-state index in [2.05, 4.69) is 0 Å². The Morgan fingerprint density at radius 3 is 2.29 bits per heavy atom. The van der Waals surface area contributed by atoms with E-state index in [0.717, 1.165) is 5.30 Å². The first-order chi connectivity index (χ1) is 6.32. The predicted octanol–water partition coefficient (Wildman–Crippen LogP) is 1.04. The van der Waals surface area contributed by atoms with Crippen LogP contribution >= 0.6 is 7.92 Å². The van der Waals surface area contributed by atoms with E-state index in [4.69, 9.17) is 5.73 Å². The largest absolute Gasteiger partial charge is 0.398 e.